The Morgan fingerprint density at radius 2 is 2.07 bits per heavy atom. The summed E-state index contributed by atoms with van der Waals surface area (Å²) in [6.07, 6.45) is 4.32. The number of rotatable bonds is 10. The van der Waals surface area contributed by atoms with Crippen molar-refractivity contribution in [3.8, 4) is 11.5 Å². The molecule has 1 fully saturated rings. The van der Waals surface area contributed by atoms with Gasteiger partial charge in [-0.05, 0) is 36.1 Å². The number of carboxylic acids is 1. The summed E-state index contributed by atoms with van der Waals surface area (Å²) in [5, 5.41) is 9.62. The van der Waals surface area contributed by atoms with Gasteiger partial charge in [-0.15, -0.1) is 0 Å². The molecule has 1 N–H and O–H groups in total. The van der Waals surface area contributed by atoms with E-state index >= 15 is 0 Å². The van der Waals surface area contributed by atoms with Crippen LogP contribution >= 0.6 is 24.0 Å². The number of hydrogen-bond donors (Lipinski definition) is 1. The Labute approximate surface area is 181 Å². The number of benzene rings is 1. The lowest BCUT2D eigenvalue weighted by Crippen LogP contribution is -2.47. The molecule has 29 heavy (non-hydrogen) atoms. The lowest BCUT2D eigenvalue weighted by molar-refractivity contribution is -0.147. The Bertz CT molecular complexity index is 808. The van der Waals surface area contributed by atoms with Crippen LogP contribution in [0.5, 0.6) is 11.5 Å². The Morgan fingerprint density at radius 3 is 2.66 bits per heavy atom. The fraction of sp³-hybridized carbons (Fsp3) is 0.476. The Hall–Kier alpha value is -2.06. The van der Waals surface area contributed by atoms with E-state index in [1.165, 1.54) is 4.90 Å². The largest absolute Gasteiger partial charge is 0.493 e. The third-order valence-corrected chi connectivity index (χ3v) is 6.11. The molecule has 1 aliphatic rings. The van der Waals surface area contributed by atoms with E-state index < -0.39 is 12.0 Å². The van der Waals surface area contributed by atoms with E-state index in [2.05, 4.69) is 6.92 Å². The van der Waals surface area contributed by atoms with Crippen LogP contribution < -0.4 is 9.47 Å². The molecule has 8 heteroatoms. The Morgan fingerprint density at radius 1 is 1.34 bits per heavy atom. The van der Waals surface area contributed by atoms with Crippen molar-refractivity contribution in [1.29, 1.82) is 0 Å². The second kappa shape index (κ2) is 10.6. The van der Waals surface area contributed by atoms with Gasteiger partial charge in [0, 0.05) is 0 Å². The average Bonchev–Trinajstić information content (AvgIpc) is 2.96. The topological polar surface area (TPSA) is 76.1 Å². The molecular weight excluding hydrogens is 410 g/mol. The van der Waals surface area contributed by atoms with E-state index in [9.17, 15) is 14.7 Å². The van der Waals surface area contributed by atoms with Crippen LogP contribution in [0.3, 0.4) is 0 Å². The molecule has 2 rings (SSSR count). The van der Waals surface area contributed by atoms with Crippen LogP contribution in [0.2, 0.25) is 0 Å². The minimum atomic E-state index is -1.05. The molecule has 0 aliphatic carbocycles. The number of hydrogen-bond acceptors (Lipinski definition) is 6. The third kappa shape index (κ3) is 5.51. The highest BCUT2D eigenvalue weighted by Crippen LogP contribution is 2.37. The van der Waals surface area contributed by atoms with E-state index in [0.29, 0.717) is 29.4 Å². The molecular formula is C21H27NO5S2. The maximum absolute atomic E-state index is 12.9. The van der Waals surface area contributed by atoms with Crippen molar-refractivity contribution >= 4 is 46.3 Å². The van der Waals surface area contributed by atoms with Crippen LogP contribution in [-0.2, 0) is 9.59 Å². The van der Waals surface area contributed by atoms with Gasteiger partial charge >= 0.3 is 5.97 Å². The van der Waals surface area contributed by atoms with Crippen LogP contribution in [0, 0.1) is 5.92 Å². The predicted octanol–water partition coefficient (Wildman–Crippen LogP) is 4.57. The molecule has 1 aromatic rings. The van der Waals surface area contributed by atoms with Crippen molar-refractivity contribution in [3.05, 3.63) is 28.7 Å². The molecule has 2 atom stereocenters. The molecule has 1 saturated heterocycles. The number of aliphatic carboxylic acids is 1. The monoisotopic (exact) mass is 437 g/mol. The van der Waals surface area contributed by atoms with Crippen molar-refractivity contribution < 1.29 is 24.2 Å². The van der Waals surface area contributed by atoms with Gasteiger partial charge in [0.2, 0.25) is 0 Å². The van der Waals surface area contributed by atoms with Gasteiger partial charge in [0.1, 0.15) is 10.4 Å². The molecule has 0 radical (unpaired) electrons. The van der Waals surface area contributed by atoms with Crippen molar-refractivity contribution in [2.75, 3.05) is 13.7 Å². The molecule has 0 aromatic heterocycles. The fourth-order valence-electron chi connectivity index (χ4n) is 2.92. The number of methoxy groups -OCH3 is 1. The minimum Gasteiger partial charge on any atom is -0.493 e. The Kier molecular flexibility index (Phi) is 8.52. The highest BCUT2D eigenvalue weighted by atomic mass is 32.2. The third-order valence-electron chi connectivity index (χ3n) is 4.78. The molecule has 0 saturated carbocycles. The fourth-order valence-corrected chi connectivity index (χ4v) is 4.25. The summed E-state index contributed by atoms with van der Waals surface area (Å²) in [6, 6.07) is 4.46. The molecule has 1 heterocycles. The summed E-state index contributed by atoms with van der Waals surface area (Å²) in [5.41, 5.74) is 0.751. The summed E-state index contributed by atoms with van der Waals surface area (Å²) in [7, 11) is 1.56. The molecule has 158 valence electrons. The summed E-state index contributed by atoms with van der Waals surface area (Å²) >= 11 is 6.44. The first kappa shape index (κ1) is 23.2. The number of carboxylic acid groups (broad SMARTS) is 1. The quantitative estimate of drug-likeness (QED) is 0.326. The van der Waals surface area contributed by atoms with Crippen molar-refractivity contribution in [2.24, 2.45) is 5.92 Å². The molecule has 1 amide bonds. The van der Waals surface area contributed by atoms with Gasteiger partial charge in [0.15, 0.2) is 11.5 Å². The highest BCUT2D eigenvalue weighted by Gasteiger charge is 2.42. The van der Waals surface area contributed by atoms with E-state index in [1.54, 1.807) is 25.3 Å². The van der Waals surface area contributed by atoms with Crippen LogP contribution in [0.1, 0.15) is 45.6 Å². The van der Waals surface area contributed by atoms with Crippen LogP contribution in [0.4, 0.5) is 0 Å². The van der Waals surface area contributed by atoms with Crippen molar-refractivity contribution in [2.45, 2.75) is 46.1 Å². The number of nitrogens with zero attached hydrogens (tertiary/aromatic N) is 1. The SMILES string of the molecule is CCCCOc1ccc(/C=C2\SC(=S)N([C@@H](C(=O)O)[C@H](C)CC)C2=O)cc1OC. The first-order valence-electron chi connectivity index (χ1n) is 9.64. The lowest BCUT2D eigenvalue weighted by Gasteiger charge is -2.27. The average molecular weight is 438 g/mol. The van der Waals surface area contributed by atoms with Gasteiger partial charge in [-0.1, -0.05) is 63.7 Å². The van der Waals surface area contributed by atoms with Crippen molar-refractivity contribution in [3.63, 3.8) is 0 Å². The van der Waals surface area contributed by atoms with Gasteiger partial charge in [0.05, 0.1) is 18.6 Å². The molecule has 1 aliphatic heterocycles. The number of carbonyl (C=O) groups excluding carboxylic acids is 1. The first-order valence-corrected chi connectivity index (χ1v) is 10.9. The van der Waals surface area contributed by atoms with Gasteiger partial charge in [-0.2, -0.15) is 0 Å². The second-order valence-electron chi connectivity index (χ2n) is 6.83. The number of thioether (sulfide) groups is 1. The van der Waals surface area contributed by atoms with E-state index in [-0.39, 0.29) is 16.1 Å². The summed E-state index contributed by atoms with van der Waals surface area (Å²) in [5.74, 6) is -0.419. The van der Waals surface area contributed by atoms with Gasteiger partial charge in [0.25, 0.3) is 5.91 Å². The molecule has 1 aromatic carbocycles. The molecule has 6 nitrogen and oxygen atoms in total. The zero-order valence-corrected chi connectivity index (χ0v) is 18.8. The maximum atomic E-state index is 12.9. The zero-order chi connectivity index (χ0) is 21.6. The van der Waals surface area contributed by atoms with Crippen LogP contribution in [-0.4, -0.2) is 46.0 Å². The number of unbranched alkanes of at least 4 members (excludes halogenated alkanes) is 1. The number of thiocarbonyl (C=S) groups is 1. The predicted molar refractivity (Wildman–Crippen MR) is 119 cm³/mol. The van der Waals surface area contributed by atoms with E-state index in [1.807, 2.05) is 19.9 Å². The standard InChI is InChI=1S/C21H27NO5S2/c1-5-7-10-27-15-9-8-14(11-16(15)26-4)12-17-19(23)22(21(28)29-17)18(20(24)25)13(3)6-2/h8-9,11-13,18H,5-7,10H2,1-4H3,(H,24,25)/b17-12-/t13-,18-/m1/s1. The van der Waals surface area contributed by atoms with Crippen LogP contribution in [0.15, 0.2) is 23.1 Å². The van der Waals surface area contributed by atoms with Gasteiger partial charge in [-0.3, -0.25) is 9.69 Å². The van der Waals surface area contributed by atoms with Crippen molar-refractivity contribution in [1.82, 2.24) is 4.90 Å². The van der Waals surface area contributed by atoms with E-state index in [0.717, 1.165) is 30.2 Å². The normalized spacial score (nSPS) is 17.5. The second-order valence-corrected chi connectivity index (χ2v) is 8.51. The minimum absolute atomic E-state index is 0.214. The summed E-state index contributed by atoms with van der Waals surface area (Å²) in [6.45, 7) is 6.40. The van der Waals surface area contributed by atoms with Gasteiger partial charge in [-0.25, -0.2) is 4.79 Å². The zero-order valence-electron chi connectivity index (χ0n) is 17.1. The lowest BCUT2D eigenvalue weighted by atomic mass is 9.98. The maximum Gasteiger partial charge on any atom is 0.327 e. The van der Waals surface area contributed by atoms with Gasteiger partial charge < -0.3 is 14.6 Å². The number of amides is 1. The molecule has 0 spiro atoms. The highest BCUT2D eigenvalue weighted by molar-refractivity contribution is 8.26. The smallest absolute Gasteiger partial charge is 0.327 e. The number of ether oxygens (including phenoxy) is 2. The van der Waals surface area contributed by atoms with E-state index in [4.69, 9.17) is 21.7 Å². The first-order chi connectivity index (χ1) is 13.8. The van der Waals surface area contributed by atoms with Crippen LogP contribution in [0.25, 0.3) is 6.08 Å². The molecule has 0 bridgehead atoms. The Balaban J connectivity index is 2.27. The molecule has 0 unspecified atom stereocenters. The summed E-state index contributed by atoms with van der Waals surface area (Å²) in [4.78, 5) is 26.3. The number of carbonyl (C=O) groups is 2. The summed E-state index contributed by atoms with van der Waals surface area (Å²) < 4.78 is 11.4.